The Morgan fingerprint density at radius 3 is 2.15 bits per heavy atom. The van der Waals surface area contributed by atoms with Crippen LogP contribution in [-0.2, 0) is 15.8 Å². The first-order valence-electron chi connectivity index (χ1n) is 8.23. The first-order chi connectivity index (χ1) is 12.3. The van der Waals surface area contributed by atoms with Crippen molar-refractivity contribution in [3.8, 4) is 0 Å². The van der Waals surface area contributed by atoms with Crippen LogP contribution < -0.4 is 5.32 Å². The van der Waals surface area contributed by atoms with Gasteiger partial charge >= 0.3 is 0 Å². The molecule has 0 heterocycles. The monoisotopic (exact) mass is 392 g/mol. The highest BCUT2D eigenvalue weighted by Gasteiger charge is 2.22. The van der Waals surface area contributed by atoms with Gasteiger partial charge in [-0.15, -0.1) is 0 Å². The normalized spacial score (nSPS) is 11.8. The number of hydrogen-bond acceptors (Lipinski definition) is 4. The van der Waals surface area contributed by atoms with Crippen molar-refractivity contribution >= 4 is 33.4 Å². The summed E-state index contributed by atoms with van der Waals surface area (Å²) in [6, 6.07) is 13.5. The summed E-state index contributed by atoms with van der Waals surface area (Å²) in [7, 11) is -1.98. The Morgan fingerprint density at radius 1 is 1.08 bits per heavy atom. The third-order valence-electron chi connectivity index (χ3n) is 4.04. The van der Waals surface area contributed by atoms with Crippen molar-refractivity contribution in [2.45, 2.75) is 30.5 Å². The molecule has 1 N–H and O–H groups in total. The number of nitrogens with one attached hydrogen (secondary N) is 1. The van der Waals surface area contributed by atoms with Crippen LogP contribution in [0.5, 0.6) is 0 Å². The Hall–Kier alpha value is -1.83. The number of sulfonamides is 1. The predicted octanol–water partition coefficient (Wildman–Crippen LogP) is 3.83. The van der Waals surface area contributed by atoms with Crippen molar-refractivity contribution in [3.63, 3.8) is 0 Å². The topological polar surface area (TPSA) is 66.5 Å². The average molecular weight is 393 g/mol. The van der Waals surface area contributed by atoms with Gasteiger partial charge in [0, 0.05) is 30.1 Å². The summed E-state index contributed by atoms with van der Waals surface area (Å²) in [5.74, 6) is 0.679. The zero-order valence-corrected chi connectivity index (χ0v) is 17.0. The summed E-state index contributed by atoms with van der Waals surface area (Å²) in [4.78, 5) is 12.5. The van der Waals surface area contributed by atoms with E-state index in [1.165, 1.54) is 16.4 Å². The third kappa shape index (κ3) is 4.87. The Kier molecular flexibility index (Phi) is 6.86. The molecular formula is C19H24N2O3S2. The van der Waals surface area contributed by atoms with Crippen LogP contribution in [0.4, 0.5) is 5.69 Å². The summed E-state index contributed by atoms with van der Waals surface area (Å²) in [6.45, 7) is 3.63. The molecule has 2 aromatic rings. The molecule has 5 nitrogen and oxygen atoms in total. The fourth-order valence-corrected chi connectivity index (χ4v) is 4.17. The lowest BCUT2D eigenvalue weighted by Gasteiger charge is -2.21. The highest BCUT2D eigenvalue weighted by molar-refractivity contribution is 7.97. The first kappa shape index (κ1) is 20.5. The Balaban J connectivity index is 2.10. The van der Waals surface area contributed by atoms with E-state index < -0.39 is 10.0 Å². The number of amides is 1. The molecule has 0 bridgehead atoms. The lowest BCUT2D eigenvalue weighted by molar-refractivity contribution is 0.102. The number of thioether (sulfide) groups is 1. The molecule has 140 valence electrons. The van der Waals surface area contributed by atoms with Crippen molar-refractivity contribution in [3.05, 3.63) is 59.7 Å². The summed E-state index contributed by atoms with van der Waals surface area (Å²) in [5, 5.41) is 2.79. The van der Waals surface area contributed by atoms with Crippen molar-refractivity contribution in [1.82, 2.24) is 4.31 Å². The summed E-state index contributed by atoms with van der Waals surface area (Å²) < 4.78 is 26.2. The van der Waals surface area contributed by atoms with Crippen LogP contribution in [0.1, 0.15) is 29.8 Å². The number of hydrogen-bond donors (Lipinski definition) is 1. The molecule has 0 saturated heterocycles. The second-order valence-corrected chi connectivity index (χ2v) is 9.09. The van der Waals surface area contributed by atoms with Gasteiger partial charge in [0.1, 0.15) is 0 Å². The Bertz CT molecular complexity index is 845. The molecule has 7 heteroatoms. The minimum absolute atomic E-state index is 0.131. The van der Waals surface area contributed by atoms with E-state index in [4.69, 9.17) is 0 Å². The van der Waals surface area contributed by atoms with E-state index in [2.05, 4.69) is 5.32 Å². The second-order valence-electron chi connectivity index (χ2n) is 6.22. The smallest absolute Gasteiger partial charge is 0.255 e. The van der Waals surface area contributed by atoms with E-state index in [1.54, 1.807) is 43.1 Å². The van der Waals surface area contributed by atoms with Gasteiger partial charge in [0.25, 0.3) is 5.91 Å². The van der Waals surface area contributed by atoms with Crippen LogP contribution in [0.3, 0.4) is 0 Å². The van der Waals surface area contributed by atoms with E-state index in [9.17, 15) is 13.2 Å². The average Bonchev–Trinajstić information content (AvgIpc) is 2.62. The van der Waals surface area contributed by atoms with Crippen molar-refractivity contribution in [2.75, 3.05) is 18.6 Å². The van der Waals surface area contributed by atoms with Crippen LogP contribution in [-0.4, -0.2) is 38.0 Å². The number of benzene rings is 2. The molecule has 0 unspecified atom stereocenters. The molecular weight excluding hydrogens is 368 g/mol. The lowest BCUT2D eigenvalue weighted by atomic mass is 10.1. The van der Waals surface area contributed by atoms with Crippen molar-refractivity contribution < 1.29 is 13.2 Å². The molecule has 0 spiro atoms. The standard InChI is InChI=1S/C19H24N2O3S2/c1-14(2)21(3)26(23,24)18-11-9-17(10-12-18)20-19(22)16-7-5-15(6-8-16)13-25-4/h5-12,14H,13H2,1-4H3,(H,20,22). The lowest BCUT2D eigenvalue weighted by Crippen LogP contribution is -2.33. The molecule has 26 heavy (non-hydrogen) atoms. The van der Waals surface area contributed by atoms with Crippen LogP contribution in [0, 0.1) is 0 Å². The highest BCUT2D eigenvalue weighted by atomic mass is 32.2. The fourth-order valence-electron chi connectivity index (χ4n) is 2.28. The fraction of sp³-hybridized carbons (Fsp3) is 0.316. The molecule has 0 fully saturated rings. The number of carbonyl (C=O) groups excluding carboxylic acids is 1. The molecule has 0 aromatic heterocycles. The van der Waals surface area contributed by atoms with Gasteiger partial charge in [-0.3, -0.25) is 4.79 Å². The minimum Gasteiger partial charge on any atom is -0.322 e. The molecule has 0 atom stereocenters. The quantitative estimate of drug-likeness (QED) is 0.778. The van der Waals surface area contributed by atoms with Crippen LogP contribution in [0.25, 0.3) is 0 Å². The number of rotatable bonds is 7. The van der Waals surface area contributed by atoms with E-state index in [0.29, 0.717) is 11.3 Å². The zero-order chi connectivity index (χ0) is 19.3. The molecule has 1 amide bonds. The summed E-state index contributed by atoms with van der Waals surface area (Å²) in [5.41, 5.74) is 2.28. The van der Waals surface area contributed by atoms with Gasteiger partial charge in [-0.25, -0.2) is 8.42 Å². The number of nitrogens with zero attached hydrogens (tertiary/aromatic N) is 1. The number of anilines is 1. The molecule has 0 aliphatic rings. The second kappa shape index (κ2) is 8.70. The Morgan fingerprint density at radius 2 is 1.65 bits per heavy atom. The van der Waals surface area contributed by atoms with Gasteiger partial charge in [0.15, 0.2) is 0 Å². The summed E-state index contributed by atoms with van der Waals surface area (Å²) in [6.07, 6.45) is 2.03. The third-order valence-corrected chi connectivity index (χ3v) is 6.71. The minimum atomic E-state index is -3.53. The maximum atomic E-state index is 12.5. The predicted molar refractivity (Wildman–Crippen MR) is 108 cm³/mol. The SMILES string of the molecule is CSCc1ccc(C(=O)Nc2ccc(S(=O)(=O)N(C)C(C)C)cc2)cc1. The molecule has 0 radical (unpaired) electrons. The van der Waals surface area contributed by atoms with Gasteiger partial charge in [0.2, 0.25) is 10.0 Å². The maximum Gasteiger partial charge on any atom is 0.255 e. The van der Waals surface area contributed by atoms with Gasteiger partial charge in [-0.05, 0) is 62.1 Å². The summed E-state index contributed by atoms with van der Waals surface area (Å²) >= 11 is 1.73. The van der Waals surface area contributed by atoms with Gasteiger partial charge in [-0.2, -0.15) is 16.1 Å². The molecule has 2 rings (SSSR count). The van der Waals surface area contributed by atoms with Crippen molar-refractivity contribution in [2.24, 2.45) is 0 Å². The maximum absolute atomic E-state index is 12.5. The molecule has 0 aliphatic heterocycles. The van der Waals surface area contributed by atoms with E-state index in [0.717, 1.165) is 11.3 Å². The van der Waals surface area contributed by atoms with Gasteiger partial charge in [0.05, 0.1) is 4.90 Å². The van der Waals surface area contributed by atoms with Crippen LogP contribution in [0.15, 0.2) is 53.4 Å². The van der Waals surface area contributed by atoms with Crippen LogP contribution >= 0.6 is 11.8 Å². The zero-order valence-electron chi connectivity index (χ0n) is 15.4. The van der Waals surface area contributed by atoms with E-state index in [-0.39, 0.29) is 16.8 Å². The molecule has 2 aromatic carbocycles. The van der Waals surface area contributed by atoms with E-state index in [1.807, 2.05) is 32.2 Å². The van der Waals surface area contributed by atoms with Crippen LogP contribution in [0.2, 0.25) is 0 Å². The first-order valence-corrected chi connectivity index (χ1v) is 11.1. The highest BCUT2D eigenvalue weighted by Crippen LogP contribution is 2.19. The largest absolute Gasteiger partial charge is 0.322 e. The van der Waals surface area contributed by atoms with Gasteiger partial charge < -0.3 is 5.32 Å². The molecule has 0 aliphatic carbocycles. The van der Waals surface area contributed by atoms with Gasteiger partial charge in [-0.1, -0.05) is 12.1 Å². The number of carbonyl (C=O) groups is 1. The molecule has 0 saturated carbocycles. The van der Waals surface area contributed by atoms with Crippen molar-refractivity contribution in [1.29, 1.82) is 0 Å². The Labute approximate surface area is 159 Å². The van der Waals surface area contributed by atoms with E-state index >= 15 is 0 Å².